The largest absolute Gasteiger partial charge is 0.495 e. The molecule has 0 N–H and O–H groups in total. The molecule has 0 fully saturated rings. The van der Waals surface area contributed by atoms with E-state index in [9.17, 15) is 4.79 Å². The molecule has 2 heterocycles. The molecule has 7 nitrogen and oxygen atoms in total. The molecule has 0 bridgehead atoms. The smallest absolute Gasteiger partial charge is 0.260 e. The average molecular weight is 457 g/mol. The number of carbonyl (C=O) groups is 1. The maximum atomic E-state index is 13.4. The molecule has 0 aliphatic rings. The number of benzene rings is 2. The third-order valence-corrected chi connectivity index (χ3v) is 6.13. The summed E-state index contributed by atoms with van der Waals surface area (Å²) in [5, 5.41) is 1.09. The Kier molecular flexibility index (Phi) is 6.39. The van der Waals surface area contributed by atoms with Crippen LogP contribution in [-0.4, -0.2) is 41.2 Å². The Bertz CT molecular complexity index is 1150. The normalized spacial score (nSPS) is 10.9. The molecule has 0 unspecified atom stereocenters. The zero-order valence-corrected chi connectivity index (χ0v) is 18.7. The second kappa shape index (κ2) is 9.36. The van der Waals surface area contributed by atoms with Crippen LogP contribution in [0.3, 0.4) is 0 Å². The molecular formula is C22H21ClN4O3S. The quantitative estimate of drug-likeness (QED) is 0.377. The van der Waals surface area contributed by atoms with E-state index in [-0.39, 0.29) is 5.91 Å². The van der Waals surface area contributed by atoms with Crippen LogP contribution >= 0.6 is 22.9 Å². The third-order valence-electron chi connectivity index (χ3n) is 4.80. The number of hydrogen-bond donors (Lipinski definition) is 0. The molecule has 0 saturated heterocycles. The summed E-state index contributed by atoms with van der Waals surface area (Å²) in [6.45, 7) is 1.21. The number of ether oxygens (including phenoxy) is 2. The van der Waals surface area contributed by atoms with Gasteiger partial charge in [0.05, 0.1) is 20.5 Å². The summed E-state index contributed by atoms with van der Waals surface area (Å²) in [4.78, 5) is 23.9. The summed E-state index contributed by atoms with van der Waals surface area (Å²) in [5.41, 5.74) is 1.17. The molecule has 9 heteroatoms. The molecular weight excluding hydrogens is 436 g/mol. The van der Waals surface area contributed by atoms with Crippen molar-refractivity contribution < 1.29 is 14.3 Å². The summed E-state index contributed by atoms with van der Waals surface area (Å²) in [7, 11) is 3.21. The van der Waals surface area contributed by atoms with Gasteiger partial charge in [-0.25, -0.2) is 9.97 Å². The highest BCUT2D eigenvalue weighted by Crippen LogP contribution is 2.40. The molecule has 2 aromatic heterocycles. The van der Waals surface area contributed by atoms with E-state index in [4.69, 9.17) is 26.1 Å². The molecule has 160 valence electrons. The van der Waals surface area contributed by atoms with Gasteiger partial charge in [0.2, 0.25) is 0 Å². The molecule has 0 atom stereocenters. The molecule has 2 aromatic carbocycles. The fraction of sp³-hybridized carbons (Fsp3) is 0.227. The van der Waals surface area contributed by atoms with E-state index in [2.05, 4.69) is 4.98 Å². The predicted octanol–water partition coefficient (Wildman–Crippen LogP) is 4.90. The number of anilines is 1. The fourth-order valence-electron chi connectivity index (χ4n) is 3.28. The number of fused-ring (bicyclic) bond motifs is 1. The van der Waals surface area contributed by atoms with Crippen LogP contribution in [0.25, 0.3) is 10.2 Å². The Hall–Kier alpha value is -3.10. The maximum Gasteiger partial charge on any atom is 0.260 e. The average Bonchev–Trinajstić information content (AvgIpc) is 3.45. The number of carbonyl (C=O) groups excluding carboxylic acids is 1. The van der Waals surface area contributed by atoms with Gasteiger partial charge in [0.1, 0.15) is 21.7 Å². The van der Waals surface area contributed by atoms with Crippen molar-refractivity contribution in [2.75, 3.05) is 25.7 Å². The molecule has 4 aromatic rings. The Labute approximate surface area is 188 Å². The van der Waals surface area contributed by atoms with E-state index in [1.807, 2.05) is 22.9 Å². The minimum absolute atomic E-state index is 0.162. The minimum Gasteiger partial charge on any atom is -0.495 e. The van der Waals surface area contributed by atoms with Crippen LogP contribution in [0, 0.1) is 0 Å². The van der Waals surface area contributed by atoms with Crippen LogP contribution in [0.2, 0.25) is 5.02 Å². The van der Waals surface area contributed by atoms with Gasteiger partial charge >= 0.3 is 0 Å². The van der Waals surface area contributed by atoms with Crippen LogP contribution in [0.4, 0.5) is 5.13 Å². The van der Waals surface area contributed by atoms with Crippen LogP contribution in [0.5, 0.6) is 11.5 Å². The van der Waals surface area contributed by atoms with Gasteiger partial charge in [0, 0.05) is 36.1 Å². The van der Waals surface area contributed by atoms with Gasteiger partial charge in [-0.2, -0.15) is 0 Å². The number of thiazole rings is 1. The first-order chi connectivity index (χ1) is 15.1. The molecule has 1 amide bonds. The van der Waals surface area contributed by atoms with Gasteiger partial charge in [-0.15, -0.1) is 0 Å². The number of nitrogens with zero attached hydrogens (tertiary/aromatic N) is 4. The number of rotatable bonds is 8. The summed E-state index contributed by atoms with van der Waals surface area (Å²) in [6, 6.07) is 10.6. The molecule has 0 aliphatic carbocycles. The van der Waals surface area contributed by atoms with Crippen molar-refractivity contribution in [3.8, 4) is 11.5 Å². The summed E-state index contributed by atoms with van der Waals surface area (Å²) >= 11 is 7.53. The zero-order valence-electron chi connectivity index (χ0n) is 17.1. The van der Waals surface area contributed by atoms with Crippen molar-refractivity contribution in [3.63, 3.8) is 0 Å². The van der Waals surface area contributed by atoms with Crippen molar-refractivity contribution in [1.29, 1.82) is 0 Å². The van der Waals surface area contributed by atoms with Crippen LogP contribution < -0.4 is 14.4 Å². The van der Waals surface area contributed by atoms with Crippen molar-refractivity contribution in [1.82, 2.24) is 14.5 Å². The number of imidazole rings is 1. The summed E-state index contributed by atoms with van der Waals surface area (Å²) < 4.78 is 13.8. The van der Waals surface area contributed by atoms with Gasteiger partial charge in [-0.3, -0.25) is 9.69 Å². The molecule has 31 heavy (non-hydrogen) atoms. The molecule has 0 spiro atoms. The third kappa shape index (κ3) is 4.50. The number of aryl methyl sites for hydroxylation is 1. The lowest BCUT2D eigenvalue weighted by molar-refractivity contribution is 0.0986. The number of halogens is 1. The van der Waals surface area contributed by atoms with Gasteiger partial charge in [-0.1, -0.05) is 29.0 Å². The Morgan fingerprint density at radius 1 is 1.19 bits per heavy atom. The highest BCUT2D eigenvalue weighted by atomic mass is 35.5. The topological polar surface area (TPSA) is 69.5 Å². The highest BCUT2D eigenvalue weighted by molar-refractivity contribution is 7.22. The van der Waals surface area contributed by atoms with Gasteiger partial charge < -0.3 is 14.0 Å². The molecule has 4 rings (SSSR count). The summed E-state index contributed by atoms with van der Waals surface area (Å²) in [6.07, 6.45) is 6.13. The molecule has 0 radical (unpaired) electrons. The van der Waals surface area contributed by atoms with E-state index in [0.717, 1.165) is 17.7 Å². The first-order valence-corrected chi connectivity index (χ1v) is 10.8. The van der Waals surface area contributed by atoms with E-state index in [1.165, 1.54) is 11.3 Å². The van der Waals surface area contributed by atoms with Crippen molar-refractivity contribution >= 4 is 44.2 Å². The van der Waals surface area contributed by atoms with Gasteiger partial charge in [-0.05, 0) is 36.8 Å². The predicted molar refractivity (Wildman–Crippen MR) is 123 cm³/mol. The SMILES string of the molecule is COc1ccc(OC)c2sc(N(CCCn3ccnc3)C(=O)c3cccc(Cl)c3)nc12. The Morgan fingerprint density at radius 2 is 2.00 bits per heavy atom. The van der Waals surface area contributed by atoms with E-state index in [0.29, 0.717) is 39.3 Å². The standard InChI is InChI=1S/C22H21ClN4O3S/c1-29-17-7-8-18(30-2)20-19(17)25-22(31-20)27(11-4-10-26-12-9-24-14-26)21(28)15-5-3-6-16(23)13-15/h3,5-9,12-14H,4,10-11H2,1-2H3. The van der Waals surface area contributed by atoms with Crippen LogP contribution in [0.1, 0.15) is 16.8 Å². The number of methoxy groups -OCH3 is 2. The first kappa shape index (κ1) is 21.1. The van der Waals surface area contributed by atoms with Gasteiger partial charge in [0.25, 0.3) is 5.91 Å². The van der Waals surface area contributed by atoms with Crippen molar-refractivity contribution in [3.05, 3.63) is 65.7 Å². The minimum atomic E-state index is -0.162. The number of hydrogen-bond acceptors (Lipinski definition) is 6. The second-order valence-corrected chi connectivity index (χ2v) is 8.18. The summed E-state index contributed by atoms with van der Waals surface area (Å²) in [5.74, 6) is 1.16. The first-order valence-electron chi connectivity index (χ1n) is 9.65. The lowest BCUT2D eigenvalue weighted by Crippen LogP contribution is -2.32. The van der Waals surface area contributed by atoms with E-state index in [1.54, 1.807) is 55.9 Å². The van der Waals surface area contributed by atoms with Gasteiger partial charge in [0.15, 0.2) is 5.13 Å². The van der Waals surface area contributed by atoms with Crippen molar-refractivity contribution in [2.45, 2.75) is 13.0 Å². The van der Waals surface area contributed by atoms with Crippen molar-refractivity contribution in [2.24, 2.45) is 0 Å². The van der Waals surface area contributed by atoms with E-state index >= 15 is 0 Å². The molecule has 0 aliphatic heterocycles. The fourth-order valence-corrected chi connectivity index (χ4v) is 4.57. The Morgan fingerprint density at radius 3 is 2.71 bits per heavy atom. The Balaban J connectivity index is 1.71. The second-order valence-electron chi connectivity index (χ2n) is 6.77. The number of amides is 1. The number of aromatic nitrogens is 3. The van der Waals surface area contributed by atoms with Crippen LogP contribution in [0.15, 0.2) is 55.1 Å². The highest BCUT2D eigenvalue weighted by Gasteiger charge is 2.23. The van der Waals surface area contributed by atoms with E-state index < -0.39 is 0 Å². The monoisotopic (exact) mass is 456 g/mol. The lowest BCUT2D eigenvalue weighted by atomic mass is 10.2. The lowest BCUT2D eigenvalue weighted by Gasteiger charge is -2.20. The van der Waals surface area contributed by atoms with Crippen LogP contribution in [-0.2, 0) is 6.54 Å². The maximum absolute atomic E-state index is 13.4. The molecule has 0 saturated carbocycles. The zero-order chi connectivity index (χ0) is 21.8.